The van der Waals surface area contributed by atoms with Crippen molar-refractivity contribution in [1.82, 2.24) is 5.32 Å². The van der Waals surface area contributed by atoms with Crippen LogP contribution in [0.2, 0.25) is 0 Å². The number of nitrogens with one attached hydrogen (secondary N) is 1. The Labute approximate surface area is 90.4 Å². The Morgan fingerprint density at radius 3 is 2.80 bits per heavy atom. The van der Waals surface area contributed by atoms with Crippen molar-refractivity contribution >= 4 is 9.84 Å². The third kappa shape index (κ3) is 5.27. The molecular weight excluding hydrogens is 218 g/mol. The molecule has 1 heterocycles. The molecule has 1 aliphatic rings. The predicted molar refractivity (Wildman–Crippen MR) is 57.4 cm³/mol. The van der Waals surface area contributed by atoms with Crippen LogP contribution in [0.1, 0.15) is 0 Å². The van der Waals surface area contributed by atoms with Gasteiger partial charge in [0.1, 0.15) is 0 Å². The molecule has 0 aromatic rings. The van der Waals surface area contributed by atoms with E-state index in [1.165, 1.54) is 5.41 Å². The van der Waals surface area contributed by atoms with E-state index in [0.717, 1.165) is 0 Å². The summed E-state index contributed by atoms with van der Waals surface area (Å²) in [4.78, 5) is 0. The van der Waals surface area contributed by atoms with Crippen LogP contribution in [0.15, 0.2) is 11.5 Å². The zero-order chi connectivity index (χ0) is 11.1. The Bertz CT molecular complexity index is 299. The van der Waals surface area contributed by atoms with Crippen molar-refractivity contribution in [3.05, 3.63) is 11.5 Å². The highest BCUT2D eigenvalue weighted by atomic mass is 32.2. The van der Waals surface area contributed by atoms with E-state index in [1.54, 1.807) is 13.2 Å². The molecule has 1 rings (SSSR count). The monoisotopic (exact) mass is 235 g/mol. The number of rotatable bonds is 7. The fourth-order valence-electron chi connectivity index (χ4n) is 1.26. The van der Waals surface area contributed by atoms with E-state index in [4.69, 9.17) is 9.47 Å². The quantitative estimate of drug-likeness (QED) is 0.605. The van der Waals surface area contributed by atoms with Gasteiger partial charge in [-0.15, -0.1) is 0 Å². The molecule has 0 radical (unpaired) electrons. The first-order chi connectivity index (χ1) is 7.14. The lowest BCUT2D eigenvalue weighted by Gasteiger charge is -2.09. The van der Waals surface area contributed by atoms with Gasteiger partial charge in [-0.2, -0.15) is 0 Å². The fraction of sp³-hybridized carbons (Fsp3) is 0.778. The maximum Gasteiger partial charge on any atom is 0.173 e. The second-order valence-corrected chi connectivity index (χ2v) is 5.26. The lowest BCUT2D eigenvalue weighted by molar-refractivity contribution is 0.0717. The second kappa shape index (κ2) is 6.22. The lowest BCUT2D eigenvalue weighted by atomic mass is 10.3. The number of methoxy groups -OCH3 is 1. The molecule has 5 nitrogen and oxygen atoms in total. The highest BCUT2D eigenvalue weighted by molar-refractivity contribution is 7.94. The smallest absolute Gasteiger partial charge is 0.173 e. The van der Waals surface area contributed by atoms with Gasteiger partial charge in [0.25, 0.3) is 0 Å². The summed E-state index contributed by atoms with van der Waals surface area (Å²) in [7, 11) is -1.33. The molecule has 1 atom stereocenters. The summed E-state index contributed by atoms with van der Waals surface area (Å²) in [5.41, 5.74) is 0. The van der Waals surface area contributed by atoms with Gasteiger partial charge in [-0.05, 0) is 0 Å². The van der Waals surface area contributed by atoms with Crippen LogP contribution in [0.3, 0.4) is 0 Å². The molecule has 0 amide bonds. The molecule has 0 aromatic heterocycles. The van der Waals surface area contributed by atoms with E-state index in [-0.39, 0.29) is 11.8 Å². The maximum absolute atomic E-state index is 11.0. The molecule has 0 saturated heterocycles. The Morgan fingerprint density at radius 2 is 2.20 bits per heavy atom. The van der Waals surface area contributed by atoms with Crippen molar-refractivity contribution in [1.29, 1.82) is 0 Å². The molecule has 0 aliphatic carbocycles. The van der Waals surface area contributed by atoms with Crippen LogP contribution in [0.5, 0.6) is 0 Å². The van der Waals surface area contributed by atoms with Crippen LogP contribution in [0.4, 0.5) is 0 Å². The predicted octanol–water partition coefficient (Wildman–Crippen LogP) is -0.450. The molecule has 88 valence electrons. The number of hydrogen-bond acceptors (Lipinski definition) is 5. The van der Waals surface area contributed by atoms with Gasteiger partial charge in [0.15, 0.2) is 9.84 Å². The van der Waals surface area contributed by atoms with E-state index in [2.05, 4.69) is 5.32 Å². The van der Waals surface area contributed by atoms with Crippen LogP contribution in [0.25, 0.3) is 0 Å². The van der Waals surface area contributed by atoms with Gasteiger partial charge in [-0.25, -0.2) is 8.42 Å². The number of sulfone groups is 1. The van der Waals surface area contributed by atoms with Gasteiger partial charge in [-0.3, -0.25) is 0 Å². The normalized spacial score (nSPS) is 23.4. The third-order valence-electron chi connectivity index (χ3n) is 2.01. The van der Waals surface area contributed by atoms with Crippen LogP contribution < -0.4 is 5.32 Å². The van der Waals surface area contributed by atoms with E-state index in [0.29, 0.717) is 26.4 Å². The highest BCUT2D eigenvalue weighted by Crippen LogP contribution is 2.07. The van der Waals surface area contributed by atoms with Crippen molar-refractivity contribution in [3.8, 4) is 0 Å². The molecule has 0 fully saturated rings. The largest absolute Gasteiger partial charge is 0.382 e. The maximum atomic E-state index is 11.0. The van der Waals surface area contributed by atoms with Gasteiger partial charge < -0.3 is 14.8 Å². The van der Waals surface area contributed by atoms with E-state index in [1.807, 2.05) is 0 Å². The van der Waals surface area contributed by atoms with Crippen molar-refractivity contribution in [2.45, 2.75) is 6.04 Å². The summed E-state index contributed by atoms with van der Waals surface area (Å²) in [6, 6.07) is -0.0685. The first-order valence-electron chi connectivity index (χ1n) is 4.85. The van der Waals surface area contributed by atoms with Crippen molar-refractivity contribution in [2.75, 3.05) is 39.2 Å². The molecule has 0 saturated carbocycles. The van der Waals surface area contributed by atoms with Crippen LogP contribution in [-0.4, -0.2) is 53.7 Å². The first kappa shape index (κ1) is 12.6. The zero-order valence-electron chi connectivity index (χ0n) is 8.81. The summed E-state index contributed by atoms with van der Waals surface area (Å²) in [5, 5.41) is 4.34. The SMILES string of the molecule is COCCOCCNC1C=CS(=O)(=O)C1. The minimum atomic E-state index is -2.95. The fourth-order valence-corrected chi connectivity index (χ4v) is 2.53. The molecule has 0 spiro atoms. The number of ether oxygens (including phenoxy) is 2. The Kier molecular flexibility index (Phi) is 5.24. The molecule has 15 heavy (non-hydrogen) atoms. The highest BCUT2D eigenvalue weighted by Gasteiger charge is 2.20. The van der Waals surface area contributed by atoms with Crippen LogP contribution >= 0.6 is 0 Å². The van der Waals surface area contributed by atoms with Crippen molar-refractivity contribution in [2.24, 2.45) is 0 Å². The summed E-state index contributed by atoms with van der Waals surface area (Å²) < 4.78 is 32.1. The first-order valence-corrected chi connectivity index (χ1v) is 6.56. The standard InChI is InChI=1S/C9H17NO4S/c1-13-5-6-14-4-3-10-9-2-7-15(11,12)8-9/h2,7,9-10H,3-6,8H2,1H3. The van der Waals surface area contributed by atoms with Gasteiger partial charge in [0.2, 0.25) is 0 Å². The summed E-state index contributed by atoms with van der Waals surface area (Å²) >= 11 is 0. The van der Waals surface area contributed by atoms with Gasteiger partial charge in [-0.1, -0.05) is 6.08 Å². The molecule has 1 N–H and O–H groups in total. The summed E-state index contributed by atoms with van der Waals surface area (Å²) in [6.07, 6.45) is 1.67. The van der Waals surface area contributed by atoms with Crippen molar-refractivity contribution in [3.63, 3.8) is 0 Å². The van der Waals surface area contributed by atoms with Gasteiger partial charge in [0.05, 0.1) is 25.6 Å². The topological polar surface area (TPSA) is 64.6 Å². The Balaban J connectivity index is 2.00. The average molecular weight is 235 g/mol. The summed E-state index contributed by atoms with van der Waals surface area (Å²) in [6.45, 7) is 2.36. The minimum absolute atomic E-state index is 0.0685. The third-order valence-corrected chi connectivity index (χ3v) is 3.41. The number of hydrogen-bond donors (Lipinski definition) is 1. The zero-order valence-corrected chi connectivity index (χ0v) is 9.63. The van der Waals surface area contributed by atoms with Gasteiger partial charge in [0, 0.05) is 25.1 Å². The van der Waals surface area contributed by atoms with E-state index < -0.39 is 9.84 Å². The molecule has 6 heteroatoms. The lowest BCUT2D eigenvalue weighted by Crippen LogP contribution is -2.32. The molecule has 0 aromatic carbocycles. The average Bonchev–Trinajstić information content (AvgIpc) is 2.52. The van der Waals surface area contributed by atoms with E-state index in [9.17, 15) is 8.42 Å². The Hall–Kier alpha value is -0.430. The molecule has 1 aliphatic heterocycles. The second-order valence-electron chi connectivity index (χ2n) is 3.32. The van der Waals surface area contributed by atoms with Crippen LogP contribution in [0, 0.1) is 0 Å². The molecule has 0 bridgehead atoms. The molecular formula is C9H17NO4S. The van der Waals surface area contributed by atoms with Crippen molar-refractivity contribution < 1.29 is 17.9 Å². The van der Waals surface area contributed by atoms with Crippen LogP contribution in [-0.2, 0) is 19.3 Å². The minimum Gasteiger partial charge on any atom is -0.382 e. The van der Waals surface area contributed by atoms with Gasteiger partial charge >= 0.3 is 0 Å². The molecule has 1 unspecified atom stereocenters. The van der Waals surface area contributed by atoms with E-state index >= 15 is 0 Å². The Morgan fingerprint density at radius 1 is 1.40 bits per heavy atom. The summed E-state index contributed by atoms with van der Waals surface area (Å²) in [5.74, 6) is 0.158.